The van der Waals surface area contributed by atoms with Gasteiger partial charge in [0.05, 0.1) is 18.3 Å². The third-order valence-electron chi connectivity index (χ3n) is 2.68. The van der Waals surface area contributed by atoms with Crippen LogP contribution in [0.4, 0.5) is 9.93 Å². The molecule has 16 heavy (non-hydrogen) atoms. The van der Waals surface area contributed by atoms with Crippen LogP contribution in [0.25, 0.3) is 0 Å². The fourth-order valence-electron chi connectivity index (χ4n) is 1.87. The minimum atomic E-state index is -0.161. The monoisotopic (exact) mass is 241 g/mol. The number of hydrogen-bond acceptors (Lipinski definition) is 4. The molecule has 1 atom stereocenters. The fraction of sp³-hybridized carbons (Fsp3) is 0.600. The Hall–Kier alpha value is -1.14. The van der Waals surface area contributed by atoms with Crippen LogP contribution in [0.2, 0.25) is 0 Å². The summed E-state index contributed by atoms with van der Waals surface area (Å²) in [5, 5.41) is 14.4. The van der Waals surface area contributed by atoms with Crippen LogP contribution in [0.15, 0.2) is 5.38 Å². The second-order valence-corrected chi connectivity index (χ2v) is 4.75. The summed E-state index contributed by atoms with van der Waals surface area (Å²) in [5.41, 5.74) is 0.903. The van der Waals surface area contributed by atoms with Crippen molar-refractivity contribution in [1.29, 1.82) is 0 Å². The van der Waals surface area contributed by atoms with E-state index in [1.807, 2.05) is 12.3 Å². The van der Waals surface area contributed by atoms with E-state index in [2.05, 4.69) is 10.3 Å². The van der Waals surface area contributed by atoms with Crippen LogP contribution < -0.4 is 5.32 Å². The molecule has 1 fully saturated rings. The number of likely N-dealkylation sites (tertiary alicyclic amines) is 1. The smallest absolute Gasteiger partial charge is 0.323 e. The van der Waals surface area contributed by atoms with Gasteiger partial charge in [-0.15, -0.1) is 11.3 Å². The number of carbonyl (C=O) groups is 1. The van der Waals surface area contributed by atoms with Crippen molar-refractivity contribution in [3.05, 3.63) is 11.1 Å². The molecule has 0 saturated carbocycles. The summed E-state index contributed by atoms with van der Waals surface area (Å²) in [7, 11) is 0. The van der Waals surface area contributed by atoms with Crippen LogP contribution in [0.3, 0.4) is 0 Å². The Morgan fingerprint density at radius 3 is 3.25 bits per heavy atom. The van der Waals surface area contributed by atoms with E-state index in [4.69, 9.17) is 5.11 Å². The van der Waals surface area contributed by atoms with E-state index in [1.165, 1.54) is 11.3 Å². The lowest BCUT2D eigenvalue weighted by molar-refractivity contribution is 0.166. The van der Waals surface area contributed by atoms with Gasteiger partial charge in [0.25, 0.3) is 0 Å². The summed E-state index contributed by atoms with van der Waals surface area (Å²) in [6, 6.07) is -0.202. The summed E-state index contributed by atoms with van der Waals surface area (Å²) < 4.78 is 0. The number of nitrogens with zero attached hydrogens (tertiary/aromatic N) is 2. The van der Waals surface area contributed by atoms with Gasteiger partial charge in [0, 0.05) is 11.9 Å². The van der Waals surface area contributed by atoms with Crippen LogP contribution in [-0.4, -0.2) is 40.2 Å². The zero-order chi connectivity index (χ0) is 11.5. The maximum atomic E-state index is 11.9. The van der Waals surface area contributed by atoms with Gasteiger partial charge >= 0.3 is 6.03 Å². The van der Waals surface area contributed by atoms with Gasteiger partial charge < -0.3 is 10.0 Å². The summed E-state index contributed by atoms with van der Waals surface area (Å²) >= 11 is 1.41. The molecule has 2 amide bonds. The van der Waals surface area contributed by atoms with Crippen molar-refractivity contribution < 1.29 is 9.90 Å². The number of carbonyl (C=O) groups excluding carboxylic acids is 1. The predicted molar refractivity (Wildman–Crippen MR) is 62.7 cm³/mol. The van der Waals surface area contributed by atoms with Crippen molar-refractivity contribution in [2.24, 2.45) is 0 Å². The number of aliphatic hydroxyl groups is 1. The van der Waals surface area contributed by atoms with E-state index in [0.717, 1.165) is 18.5 Å². The molecule has 88 valence electrons. The molecule has 0 radical (unpaired) electrons. The van der Waals surface area contributed by atoms with Gasteiger partial charge in [-0.05, 0) is 19.8 Å². The number of aryl methyl sites for hydroxylation is 1. The number of aromatic nitrogens is 1. The lowest BCUT2D eigenvalue weighted by Gasteiger charge is -2.22. The number of aliphatic hydroxyl groups excluding tert-OH is 1. The summed E-state index contributed by atoms with van der Waals surface area (Å²) in [4.78, 5) is 17.7. The molecule has 0 spiro atoms. The Morgan fingerprint density at radius 1 is 1.81 bits per heavy atom. The van der Waals surface area contributed by atoms with Crippen LogP contribution in [0, 0.1) is 6.92 Å². The maximum Gasteiger partial charge on any atom is 0.323 e. The maximum absolute atomic E-state index is 11.9. The summed E-state index contributed by atoms with van der Waals surface area (Å²) in [5.74, 6) is 0. The standard InChI is InChI=1S/C10H15N3O2S/c1-7-6-16-9(11-7)12-10(15)13-4-2-3-8(13)5-14/h6,8,14H,2-5H2,1H3,(H,11,12,15)/t8-/m1/s1. The first-order valence-corrected chi connectivity index (χ1v) is 6.19. The minimum absolute atomic E-state index is 0.0321. The zero-order valence-electron chi connectivity index (χ0n) is 9.14. The van der Waals surface area contributed by atoms with Crippen molar-refractivity contribution >= 4 is 22.5 Å². The summed E-state index contributed by atoms with van der Waals surface area (Å²) in [6.45, 7) is 2.63. The third-order valence-corrected chi connectivity index (χ3v) is 3.56. The topological polar surface area (TPSA) is 65.5 Å². The number of rotatable bonds is 2. The van der Waals surface area contributed by atoms with Crippen LogP contribution in [0.5, 0.6) is 0 Å². The normalized spacial score (nSPS) is 20.1. The number of amides is 2. The highest BCUT2D eigenvalue weighted by Gasteiger charge is 2.28. The quantitative estimate of drug-likeness (QED) is 0.823. The van der Waals surface area contributed by atoms with Crippen molar-refractivity contribution in [1.82, 2.24) is 9.88 Å². The number of nitrogens with one attached hydrogen (secondary N) is 1. The lowest BCUT2D eigenvalue weighted by Crippen LogP contribution is -2.40. The van der Waals surface area contributed by atoms with Crippen molar-refractivity contribution in [2.75, 3.05) is 18.5 Å². The second kappa shape index (κ2) is 4.80. The second-order valence-electron chi connectivity index (χ2n) is 3.90. The average Bonchev–Trinajstić information content (AvgIpc) is 2.86. The molecule has 6 heteroatoms. The van der Waals surface area contributed by atoms with Gasteiger partial charge in [-0.2, -0.15) is 0 Å². The summed E-state index contributed by atoms with van der Waals surface area (Å²) in [6.07, 6.45) is 1.83. The highest BCUT2D eigenvalue weighted by Crippen LogP contribution is 2.20. The van der Waals surface area contributed by atoms with Gasteiger partial charge in [0.1, 0.15) is 0 Å². The van der Waals surface area contributed by atoms with Gasteiger partial charge in [-0.1, -0.05) is 0 Å². The Bertz CT molecular complexity index is 380. The first-order chi connectivity index (χ1) is 7.70. The van der Waals surface area contributed by atoms with Crippen LogP contribution in [-0.2, 0) is 0 Å². The fourth-order valence-corrected chi connectivity index (χ4v) is 2.55. The molecule has 1 aliphatic heterocycles. The van der Waals surface area contributed by atoms with Gasteiger partial charge in [-0.25, -0.2) is 9.78 Å². The molecule has 5 nitrogen and oxygen atoms in total. The van der Waals surface area contributed by atoms with Crippen LogP contribution in [0.1, 0.15) is 18.5 Å². The van der Waals surface area contributed by atoms with Gasteiger partial charge in [-0.3, -0.25) is 5.32 Å². The minimum Gasteiger partial charge on any atom is -0.394 e. The van der Waals surface area contributed by atoms with Crippen molar-refractivity contribution in [2.45, 2.75) is 25.8 Å². The average molecular weight is 241 g/mol. The van der Waals surface area contributed by atoms with E-state index in [9.17, 15) is 4.79 Å². The zero-order valence-corrected chi connectivity index (χ0v) is 9.96. The molecule has 1 saturated heterocycles. The van der Waals surface area contributed by atoms with E-state index in [-0.39, 0.29) is 18.7 Å². The van der Waals surface area contributed by atoms with Crippen molar-refractivity contribution in [3.8, 4) is 0 Å². The highest BCUT2D eigenvalue weighted by molar-refractivity contribution is 7.13. The number of hydrogen-bond donors (Lipinski definition) is 2. The molecule has 0 aromatic carbocycles. The Balaban J connectivity index is 1.97. The Kier molecular flexibility index (Phi) is 3.40. The molecular weight excluding hydrogens is 226 g/mol. The molecule has 1 aliphatic rings. The van der Waals surface area contributed by atoms with E-state index < -0.39 is 0 Å². The lowest BCUT2D eigenvalue weighted by atomic mass is 10.2. The molecular formula is C10H15N3O2S. The van der Waals surface area contributed by atoms with Gasteiger partial charge in [0.15, 0.2) is 5.13 Å². The number of anilines is 1. The Labute approximate surface area is 98.1 Å². The molecule has 2 N–H and O–H groups in total. The van der Waals surface area contributed by atoms with E-state index >= 15 is 0 Å². The first-order valence-electron chi connectivity index (χ1n) is 5.31. The molecule has 2 rings (SSSR count). The van der Waals surface area contributed by atoms with Crippen LogP contribution >= 0.6 is 11.3 Å². The largest absolute Gasteiger partial charge is 0.394 e. The molecule has 0 bridgehead atoms. The van der Waals surface area contributed by atoms with Crippen molar-refractivity contribution in [3.63, 3.8) is 0 Å². The molecule has 2 heterocycles. The third kappa shape index (κ3) is 2.33. The highest BCUT2D eigenvalue weighted by atomic mass is 32.1. The molecule has 1 aromatic heterocycles. The molecule has 0 unspecified atom stereocenters. The van der Waals surface area contributed by atoms with E-state index in [1.54, 1.807) is 4.90 Å². The predicted octanol–water partition coefficient (Wildman–Crippen LogP) is 1.44. The first kappa shape index (κ1) is 11.3. The Morgan fingerprint density at radius 2 is 2.62 bits per heavy atom. The number of thiazole rings is 1. The molecule has 0 aliphatic carbocycles. The number of urea groups is 1. The van der Waals surface area contributed by atoms with E-state index in [0.29, 0.717) is 11.7 Å². The van der Waals surface area contributed by atoms with Gasteiger partial charge in [0.2, 0.25) is 0 Å². The SMILES string of the molecule is Cc1csc(NC(=O)N2CCC[C@@H]2CO)n1. The molecule has 1 aromatic rings.